The fraction of sp³-hybridized carbons (Fsp3) is 0.300. The maximum absolute atomic E-state index is 13.2. The smallest absolute Gasteiger partial charge is 0.335 e. The molecule has 0 radical (unpaired) electrons. The lowest BCUT2D eigenvalue weighted by Gasteiger charge is -2.06. The SMILES string of the molecule is Cc1cc(F)c(CCN)cc1C(=O)O. The Hall–Kier alpha value is -1.42. The lowest BCUT2D eigenvalue weighted by Crippen LogP contribution is -2.08. The molecule has 3 nitrogen and oxygen atoms in total. The molecule has 0 saturated heterocycles. The van der Waals surface area contributed by atoms with E-state index in [0.29, 0.717) is 24.1 Å². The second-order valence-corrected chi connectivity index (χ2v) is 3.10. The number of halogens is 1. The summed E-state index contributed by atoms with van der Waals surface area (Å²) in [4.78, 5) is 10.7. The van der Waals surface area contributed by atoms with Gasteiger partial charge in [0, 0.05) is 0 Å². The average molecular weight is 197 g/mol. The van der Waals surface area contributed by atoms with Crippen LogP contribution in [0.5, 0.6) is 0 Å². The molecule has 1 aromatic carbocycles. The van der Waals surface area contributed by atoms with Crippen molar-refractivity contribution in [2.24, 2.45) is 5.73 Å². The topological polar surface area (TPSA) is 63.3 Å². The molecule has 14 heavy (non-hydrogen) atoms. The standard InChI is InChI=1S/C10H12FNO2/c1-6-4-9(11)7(2-3-12)5-8(6)10(13)14/h4-5H,2-3,12H2,1H3,(H,13,14). The third-order valence-corrected chi connectivity index (χ3v) is 2.04. The number of carboxylic acid groups (broad SMARTS) is 1. The Morgan fingerprint density at radius 3 is 2.71 bits per heavy atom. The molecule has 0 bridgehead atoms. The highest BCUT2D eigenvalue weighted by atomic mass is 19.1. The molecule has 0 heterocycles. The largest absolute Gasteiger partial charge is 0.478 e. The van der Waals surface area contributed by atoms with Gasteiger partial charge in [0.15, 0.2) is 0 Å². The van der Waals surface area contributed by atoms with Crippen molar-refractivity contribution in [3.05, 3.63) is 34.6 Å². The summed E-state index contributed by atoms with van der Waals surface area (Å²) in [6.45, 7) is 1.87. The maximum Gasteiger partial charge on any atom is 0.335 e. The minimum Gasteiger partial charge on any atom is -0.478 e. The van der Waals surface area contributed by atoms with Gasteiger partial charge in [0.1, 0.15) is 5.82 Å². The number of hydrogen-bond donors (Lipinski definition) is 2. The zero-order valence-corrected chi connectivity index (χ0v) is 7.88. The number of carboxylic acids is 1. The minimum atomic E-state index is -1.04. The van der Waals surface area contributed by atoms with Crippen LogP contribution in [0.15, 0.2) is 12.1 Å². The number of benzene rings is 1. The molecule has 0 aliphatic heterocycles. The van der Waals surface area contributed by atoms with Crippen molar-refractivity contribution in [1.82, 2.24) is 0 Å². The summed E-state index contributed by atoms with van der Waals surface area (Å²) >= 11 is 0. The molecule has 76 valence electrons. The van der Waals surface area contributed by atoms with Crippen LogP contribution in [0, 0.1) is 12.7 Å². The molecular formula is C10H12FNO2. The average Bonchev–Trinajstić information content (AvgIpc) is 2.09. The van der Waals surface area contributed by atoms with Crippen LogP contribution in [0.4, 0.5) is 4.39 Å². The first-order valence-electron chi connectivity index (χ1n) is 4.28. The van der Waals surface area contributed by atoms with Crippen molar-refractivity contribution in [3.8, 4) is 0 Å². The van der Waals surface area contributed by atoms with Crippen LogP contribution < -0.4 is 5.73 Å². The van der Waals surface area contributed by atoms with Gasteiger partial charge in [-0.2, -0.15) is 0 Å². The van der Waals surface area contributed by atoms with E-state index in [-0.39, 0.29) is 5.56 Å². The zero-order valence-electron chi connectivity index (χ0n) is 7.88. The molecule has 0 fully saturated rings. The summed E-state index contributed by atoms with van der Waals surface area (Å²) in [5.74, 6) is -1.43. The van der Waals surface area contributed by atoms with E-state index in [1.807, 2.05) is 0 Å². The molecule has 1 aromatic rings. The summed E-state index contributed by atoms with van der Waals surface area (Å²) in [5, 5.41) is 8.80. The summed E-state index contributed by atoms with van der Waals surface area (Å²) < 4.78 is 13.2. The van der Waals surface area contributed by atoms with Crippen LogP contribution in [-0.2, 0) is 6.42 Å². The Morgan fingerprint density at radius 1 is 1.57 bits per heavy atom. The van der Waals surface area contributed by atoms with Gasteiger partial charge in [0.2, 0.25) is 0 Å². The molecule has 0 aliphatic carbocycles. The second-order valence-electron chi connectivity index (χ2n) is 3.10. The van der Waals surface area contributed by atoms with E-state index >= 15 is 0 Å². The Balaban J connectivity index is 3.20. The van der Waals surface area contributed by atoms with Crippen LogP contribution in [0.2, 0.25) is 0 Å². The molecule has 0 spiro atoms. The number of rotatable bonds is 3. The molecular weight excluding hydrogens is 185 g/mol. The van der Waals surface area contributed by atoms with Crippen molar-refractivity contribution < 1.29 is 14.3 Å². The van der Waals surface area contributed by atoms with Crippen LogP contribution in [-0.4, -0.2) is 17.6 Å². The molecule has 3 N–H and O–H groups in total. The number of hydrogen-bond acceptors (Lipinski definition) is 2. The lowest BCUT2D eigenvalue weighted by molar-refractivity contribution is 0.0696. The van der Waals surface area contributed by atoms with Gasteiger partial charge in [-0.05, 0) is 43.1 Å². The Bertz CT molecular complexity index is 363. The molecule has 0 saturated carbocycles. The van der Waals surface area contributed by atoms with Gasteiger partial charge in [-0.1, -0.05) is 0 Å². The minimum absolute atomic E-state index is 0.134. The quantitative estimate of drug-likeness (QED) is 0.768. The lowest BCUT2D eigenvalue weighted by atomic mass is 10.0. The number of aromatic carboxylic acids is 1. The van der Waals surface area contributed by atoms with E-state index in [2.05, 4.69) is 0 Å². The highest BCUT2D eigenvalue weighted by molar-refractivity contribution is 5.89. The highest BCUT2D eigenvalue weighted by Crippen LogP contribution is 2.15. The van der Waals surface area contributed by atoms with Crippen LogP contribution in [0.25, 0.3) is 0 Å². The fourth-order valence-electron chi connectivity index (χ4n) is 1.30. The van der Waals surface area contributed by atoms with E-state index < -0.39 is 11.8 Å². The van der Waals surface area contributed by atoms with Crippen molar-refractivity contribution in [3.63, 3.8) is 0 Å². The number of carbonyl (C=O) groups is 1. The van der Waals surface area contributed by atoms with Crippen molar-refractivity contribution >= 4 is 5.97 Å². The molecule has 0 aromatic heterocycles. The van der Waals surface area contributed by atoms with E-state index in [1.54, 1.807) is 6.92 Å². The normalized spacial score (nSPS) is 10.2. The van der Waals surface area contributed by atoms with Gasteiger partial charge in [-0.3, -0.25) is 0 Å². The Labute approximate surface area is 81.4 Å². The predicted octanol–water partition coefficient (Wildman–Crippen LogP) is 1.33. The van der Waals surface area contributed by atoms with Crippen LogP contribution >= 0.6 is 0 Å². The highest BCUT2D eigenvalue weighted by Gasteiger charge is 2.11. The van der Waals surface area contributed by atoms with Gasteiger partial charge in [0.25, 0.3) is 0 Å². The first kappa shape index (κ1) is 10.7. The predicted molar refractivity (Wildman–Crippen MR) is 50.9 cm³/mol. The van der Waals surface area contributed by atoms with Crippen molar-refractivity contribution in [1.29, 1.82) is 0 Å². The van der Waals surface area contributed by atoms with Crippen molar-refractivity contribution in [2.45, 2.75) is 13.3 Å². The molecule has 0 amide bonds. The van der Waals surface area contributed by atoms with E-state index in [4.69, 9.17) is 10.8 Å². The van der Waals surface area contributed by atoms with Crippen LogP contribution in [0.3, 0.4) is 0 Å². The number of nitrogens with two attached hydrogens (primary N) is 1. The molecule has 0 unspecified atom stereocenters. The molecule has 0 atom stereocenters. The van der Waals surface area contributed by atoms with Crippen molar-refractivity contribution in [2.75, 3.05) is 6.54 Å². The summed E-state index contributed by atoms with van der Waals surface area (Å²) in [7, 11) is 0. The van der Waals surface area contributed by atoms with Crippen LogP contribution in [0.1, 0.15) is 21.5 Å². The monoisotopic (exact) mass is 197 g/mol. The van der Waals surface area contributed by atoms with E-state index in [9.17, 15) is 9.18 Å². The fourth-order valence-corrected chi connectivity index (χ4v) is 1.30. The zero-order chi connectivity index (χ0) is 10.7. The van der Waals surface area contributed by atoms with Gasteiger partial charge in [-0.15, -0.1) is 0 Å². The van der Waals surface area contributed by atoms with Gasteiger partial charge in [-0.25, -0.2) is 9.18 Å². The Morgan fingerprint density at radius 2 is 2.21 bits per heavy atom. The van der Waals surface area contributed by atoms with E-state index in [1.165, 1.54) is 12.1 Å². The van der Waals surface area contributed by atoms with E-state index in [0.717, 1.165) is 0 Å². The maximum atomic E-state index is 13.2. The summed E-state index contributed by atoms with van der Waals surface area (Å²) in [6, 6.07) is 2.58. The third-order valence-electron chi connectivity index (χ3n) is 2.04. The Kier molecular flexibility index (Phi) is 3.19. The number of aryl methyl sites for hydroxylation is 1. The summed E-state index contributed by atoms with van der Waals surface area (Å²) in [5.41, 5.74) is 6.20. The third kappa shape index (κ3) is 2.09. The van der Waals surface area contributed by atoms with Gasteiger partial charge < -0.3 is 10.8 Å². The summed E-state index contributed by atoms with van der Waals surface area (Å²) in [6.07, 6.45) is 0.354. The first-order chi connectivity index (χ1) is 6.56. The molecule has 0 aliphatic rings. The molecule has 1 rings (SSSR count). The first-order valence-corrected chi connectivity index (χ1v) is 4.28. The van der Waals surface area contributed by atoms with Gasteiger partial charge in [0.05, 0.1) is 5.56 Å². The van der Waals surface area contributed by atoms with Gasteiger partial charge >= 0.3 is 5.97 Å². The molecule has 4 heteroatoms. The second kappa shape index (κ2) is 4.19.